The van der Waals surface area contributed by atoms with Crippen LogP contribution in [0.1, 0.15) is 29.8 Å². The van der Waals surface area contributed by atoms with Gasteiger partial charge in [0.25, 0.3) is 0 Å². The fourth-order valence-corrected chi connectivity index (χ4v) is 3.99. The Balaban J connectivity index is 1.36. The number of β-amino-alcohol motifs (C(OH)–C–C–N with tert-alkyl or cyclic N) is 1. The number of Topliss-reactive ketones (excluding diaryl/α,β-unsaturated/α-hetero) is 1. The topological polar surface area (TPSA) is 71.2 Å². The molecule has 0 radical (unpaired) electrons. The van der Waals surface area contributed by atoms with Crippen molar-refractivity contribution in [2.75, 3.05) is 18.0 Å². The summed E-state index contributed by atoms with van der Waals surface area (Å²) >= 11 is 6.11. The van der Waals surface area contributed by atoms with Crippen LogP contribution in [0.2, 0.25) is 5.02 Å². The smallest absolute Gasteiger partial charge is 0.137 e. The lowest BCUT2D eigenvalue weighted by atomic mass is 10.1. The molecule has 2 aromatic heterocycles. The van der Waals surface area contributed by atoms with Crippen LogP contribution >= 0.6 is 11.6 Å². The Labute approximate surface area is 181 Å². The summed E-state index contributed by atoms with van der Waals surface area (Å²) in [5.41, 5.74) is 3.70. The molecule has 156 valence electrons. The van der Waals surface area contributed by atoms with Gasteiger partial charge in [-0.25, -0.2) is 9.67 Å². The van der Waals surface area contributed by atoms with E-state index in [1.54, 1.807) is 6.20 Å². The standard InChI is InChI=1S/C23H25ClN4O2/c1-16-11-20(28(26-16)19-4-2-3-18(24)13-19)6-7-21(29)12-17-5-8-23(25-14-17)27-10-9-22(30)15-27/h2-5,8,11,13-14,22,30H,6-7,9-10,12,15H2,1H3/t22-/m0/s1. The Bertz CT molecular complexity index is 1030. The maximum atomic E-state index is 12.6. The molecule has 0 saturated carbocycles. The number of hydrogen-bond acceptors (Lipinski definition) is 5. The molecule has 1 aliphatic rings. The lowest BCUT2D eigenvalue weighted by molar-refractivity contribution is -0.118. The van der Waals surface area contributed by atoms with Gasteiger partial charge in [0.15, 0.2) is 0 Å². The first-order valence-corrected chi connectivity index (χ1v) is 10.6. The third-order valence-corrected chi connectivity index (χ3v) is 5.55. The van der Waals surface area contributed by atoms with Crippen LogP contribution in [0.15, 0.2) is 48.7 Å². The molecule has 1 aliphatic heterocycles. The minimum absolute atomic E-state index is 0.164. The van der Waals surface area contributed by atoms with Crippen molar-refractivity contribution in [1.82, 2.24) is 14.8 Å². The minimum Gasteiger partial charge on any atom is -0.391 e. The number of ketones is 1. The number of aliphatic hydroxyl groups excluding tert-OH is 1. The van der Waals surface area contributed by atoms with Gasteiger partial charge in [0.05, 0.1) is 17.5 Å². The van der Waals surface area contributed by atoms with Crippen molar-refractivity contribution in [3.8, 4) is 5.69 Å². The van der Waals surface area contributed by atoms with Gasteiger partial charge in [0.2, 0.25) is 0 Å². The molecule has 0 aliphatic carbocycles. The zero-order valence-corrected chi connectivity index (χ0v) is 17.7. The number of carbonyl (C=O) groups excluding carboxylic acids is 1. The van der Waals surface area contributed by atoms with Crippen molar-refractivity contribution in [2.24, 2.45) is 0 Å². The number of aromatic nitrogens is 3. The van der Waals surface area contributed by atoms with Crippen molar-refractivity contribution in [2.45, 2.75) is 38.7 Å². The highest BCUT2D eigenvalue weighted by Crippen LogP contribution is 2.20. The van der Waals surface area contributed by atoms with E-state index in [9.17, 15) is 9.90 Å². The molecule has 0 amide bonds. The molecular weight excluding hydrogens is 400 g/mol. The number of aliphatic hydroxyl groups is 1. The van der Waals surface area contributed by atoms with Gasteiger partial charge in [0.1, 0.15) is 11.6 Å². The number of hydrogen-bond donors (Lipinski definition) is 1. The molecule has 3 heterocycles. The van der Waals surface area contributed by atoms with Gasteiger partial charge < -0.3 is 10.0 Å². The lowest BCUT2D eigenvalue weighted by Crippen LogP contribution is -2.22. The van der Waals surface area contributed by atoms with Gasteiger partial charge in [-0.1, -0.05) is 23.7 Å². The molecule has 1 atom stereocenters. The highest BCUT2D eigenvalue weighted by atomic mass is 35.5. The number of anilines is 1. The second-order valence-electron chi connectivity index (χ2n) is 7.80. The molecule has 6 nitrogen and oxygen atoms in total. The van der Waals surface area contributed by atoms with E-state index < -0.39 is 0 Å². The first-order valence-electron chi connectivity index (χ1n) is 10.2. The molecule has 7 heteroatoms. The fourth-order valence-electron chi connectivity index (χ4n) is 3.80. The average molecular weight is 425 g/mol. The second-order valence-corrected chi connectivity index (χ2v) is 8.23. The lowest BCUT2D eigenvalue weighted by Gasteiger charge is -2.16. The first kappa shape index (κ1) is 20.6. The molecule has 0 spiro atoms. The van der Waals surface area contributed by atoms with Crippen molar-refractivity contribution in [1.29, 1.82) is 0 Å². The summed E-state index contributed by atoms with van der Waals surface area (Å²) in [7, 11) is 0. The van der Waals surface area contributed by atoms with Crippen LogP contribution in [0.4, 0.5) is 5.82 Å². The van der Waals surface area contributed by atoms with Crippen LogP contribution in [0.25, 0.3) is 5.69 Å². The summed E-state index contributed by atoms with van der Waals surface area (Å²) in [5, 5.41) is 14.9. The van der Waals surface area contributed by atoms with E-state index in [2.05, 4.69) is 15.0 Å². The highest BCUT2D eigenvalue weighted by Gasteiger charge is 2.21. The zero-order valence-electron chi connectivity index (χ0n) is 17.0. The Morgan fingerprint density at radius 3 is 2.83 bits per heavy atom. The summed E-state index contributed by atoms with van der Waals surface area (Å²) in [6.07, 6.45) is 3.66. The summed E-state index contributed by atoms with van der Waals surface area (Å²) in [6, 6.07) is 13.4. The number of rotatable bonds is 7. The Hall–Kier alpha value is -2.70. The summed E-state index contributed by atoms with van der Waals surface area (Å²) in [6.45, 7) is 3.37. The van der Waals surface area contributed by atoms with Gasteiger partial charge in [0, 0.05) is 42.8 Å². The van der Waals surface area contributed by atoms with Crippen LogP contribution in [0.5, 0.6) is 0 Å². The van der Waals surface area contributed by atoms with Crippen LogP contribution in [-0.2, 0) is 17.6 Å². The van der Waals surface area contributed by atoms with Gasteiger partial charge >= 0.3 is 0 Å². The number of aryl methyl sites for hydroxylation is 2. The number of carbonyl (C=O) groups is 1. The molecule has 1 fully saturated rings. The maximum absolute atomic E-state index is 12.6. The van der Waals surface area contributed by atoms with E-state index in [0.29, 0.717) is 30.8 Å². The van der Waals surface area contributed by atoms with E-state index in [4.69, 9.17) is 11.6 Å². The zero-order chi connectivity index (χ0) is 21.1. The van der Waals surface area contributed by atoms with Crippen molar-refractivity contribution >= 4 is 23.2 Å². The third-order valence-electron chi connectivity index (χ3n) is 5.32. The van der Waals surface area contributed by atoms with E-state index in [1.165, 1.54) is 0 Å². The van der Waals surface area contributed by atoms with Gasteiger partial charge in [-0.15, -0.1) is 0 Å². The molecule has 0 unspecified atom stereocenters. The third kappa shape index (κ3) is 4.89. The number of benzene rings is 1. The SMILES string of the molecule is Cc1cc(CCC(=O)Cc2ccc(N3CC[C@H](O)C3)nc2)n(-c2cccc(Cl)c2)n1. The number of nitrogens with zero attached hydrogens (tertiary/aromatic N) is 4. The molecule has 4 rings (SSSR count). The predicted octanol–water partition coefficient (Wildman–Crippen LogP) is 3.54. The Morgan fingerprint density at radius 1 is 1.27 bits per heavy atom. The van der Waals surface area contributed by atoms with E-state index in [1.807, 2.05) is 54.1 Å². The molecule has 0 bridgehead atoms. The largest absolute Gasteiger partial charge is 0.391 e. The van der Waals surface area contributed by atoms with Crippen LogP contribution in [-0.4, -0.2) is 44.8 Å². The summed E-state index contributed by atoms with van der Waals surface area (Å²) in [4.78, 5) is 19.1. The summed E-state index contributed by atoms with van der Waals surface area (Å²) in [5.74, 6) is 1.02. The Kier molecular flexibility index (Phi) is 6.16. The first-order chi connectivity index (χ1) is 14.5. The molecule has 3 aromatic rings. The predicted molar refractivity (Wildman–Crippen MR) is 117 cm³/mol. The maximum Gasteiger partial charge on any atom is 0.137 e. The van der Waals surface area contributed by atoms with Crippen molar-refractivity contribution in [3.05, 3.63) is 70.6 Å². The summed E-state index contributed by atoms with van der Waals surface area (Å²) < 4.78 is 1.86. The van der Waals surface area contributed by atoms with Crippen molar-refractivity contribution < 1.29 is 9.90 Å². The van der Waals surface area contributed by atoms with Crippen LogP contribution in [0, 0.1) is 6.92 Å². The minimum atomic E-state index is -0.281. The quantitative estimate of drug-likeness (QED) is 0.628. The number of halogens is 1. The average Bonchev–Trinajstić information content (AvgIpc) is 3.32. The van der Waals surface area contributed by atoms with Crippen molar-refractivity contribution in [3.63, 3.8) is 0 Å². The molecule has 1 N–H and O–H groups in total. The molecule has 30 heavy (non-hydrogen) atoms. The molecular formula is C23H25ClN4O2. The van der Waals surface area contributed by atoms with Gasteiger partial charge in [-0.05, 0) is 55.7 Å². The highest BCUT2D eigenvalue weighted by molar-refractivity contribution is 6.30. The second kappa shape index (κ2) is 8.98. The van der Waals surface area contributed by atoms with Gasteiger partial charge in [-0.2, -0.15) is 5.10 Å². The van der Waals surface area contributed by atoms with Gasteiger partial charge in [-0.3, -0.25) is 4.79 Å². The number of pyridine rings is 1. The van der Waals surface area contributed by atoms with E-state index >= 15 is 0 Å². The normalized spacial score (nSPS) is 16.2. The monoisotopic (exact) mass is 424 g/mol. The van der Waals surface area contributed by atoms with E-state index in [0.717, 1.165) is 41.4 Å². The molecule has 1 saturated heterocycles. The Morgan fingerprint density at radius 2 is 2.13 bits per heavy atom. The van der Waals surface area contributed by atoms with Crippen LogP contribution < -0.4 is 4.90 Å². The fraction of sp³-hybridized carbons (Fsp3) is 0.348. The van der Waals surface area contributed by atoms with Crippen LogP contribution in [0.3, 0.4) is 0 Å². The van der Waals surface area contributed by atoms with E-state index in [-0.39, 0.29) is 11.9 Å². The molecule has 1 aromatic carbocycles.